The van der Waals surface area contributed by atoms with Gasteiger partial charge < -0.3 is 10.5 Å². The SMILES string of the molecule is CCCCC(CC)COC(=O)C(N)=C(c1ccccc1)c1ccccc1. The molecular weight excluding hydrogens is 322 g/mol. The summed E-state index contributed by atoms with van der Waals surface area (Å²) in [6.07, 6.45) is 4.38. The van der Waals surface area contributed by atoms with Crippen molar-refractivity contribution in [2.75, 3.05) is 6.61 Å². The molecule has 0 radical (unpaired) electrons. The lowest BCUT2D eigenvalue weighted by atomic mass is 9.96. The minimum Gasteiger partial charge on any atom is -0.461 e. The molecule has 138 valence electrons. The van der Waals surface area contributed by atoms with Gasteiger partial charge in [-0.2, -0.15) is 0 Å². The van der Waals surface area contributed by atoms with Gasteiger partial charge in [0.05, 0.1) is 6.61 Å². The number of carbonyl (C=O) groups excluding carboxylic acids is 1. The van der Waals surface area contributed by atoms with Gasteiger partial charge in [-0.25, -0.2) is 4.79 Å². The van der Waals surface area contributed by atoms with Gasteiger partial charge in [-0.15, -0.1) is 0 Å². The highest BCUT2D eigenvalue weighted by Crippen LogP contribution is 2.26. The van der Waals surface area contributed by atoms with Gasteiger partial charge in [-0.1, -0.05) is 93.8 Å². The molecule has 0 saturated heterocycles. The Morgan fingerprint density at radius 1 is 0.962 bits per heavy atom. The fourth-order valence-electron chi connectivity index (χ4n) is 2.96. The van der Waals surface area contributed by atoms with Crippen LogP contribution >= 0.6 is 0 Å². The Labute approximate surface area is 156 Å². The second kappa shape index (κ2) is 10.4. The van der Waals surface area contributed by atoms with E-state index in [1.54, 1.807) is 0 Å². The molecule has 0 amide bonds. The highest BCUT2D eigenvalue weighted by Gasteiger charge is 2.18. The van der Waals surface area contributed by atoms with Crippen LogP contribution in [0.25, 0.3) is 5.57 Å². The first-order chi connectivity index (χ1) is 12.7. The number of carbonyl (C=O) groups is 1. The highest BCUT2D eigenvalue weighted by atomic mass is 16.5. The van der Waals surface area contributed by atoms with Crippen LogP contribution in [0.5, 0.6) is 0 Å². The number of hydrogen-bond acceptors (Lipinski definition) is 3. The summed E-state index contributed by atoms with van der Waals surface area (Å²) in [4.78, 5) is 12.6. The standard InChI is InChI=1S/C23H29NO2/c1-3-5-12-18(4-2)17-26-23(25)22(24)21(19-13-8-6-9-14-19)20-15-10-7-11-16-20/h6-11,13-16,18H,3-5,12,17,24H2,1-2H3. The molecule has 0 bridgehead atoms. The summed E-state index contributed by atoms with van der Waals surface area (Å²) >= 11 is 0. The molecular formula is C23H29NO2. The maximum atomic E-state index is 12.6. The molecule has 1 atom stereocenters. The van der Waals surface area contributed by atoms with E-state index in [1.807, 2.05) is 60.7 Å². The Morgan fingerprint density at radius 3 is 1.96 bits per heavy atom. The molecule has 26 heavy (non-hydrogen) atoms. The van der Waals surface area contributed by atoms with Gasteiger partial charge in [0.1, 0.15) is 5.70 Å². The topological polar surface area (TPSA) is 52.3 Å². The van der Waals surface area contributed by atoms with Crippen molar-refractivity contribution in [2.24, 2.45) is 11.7 Å². The first-order valence-corrected chi connectivity index (χ1v) is 9.45. The lowest BCUT2D eigenvalue weighted by Crippen LogP contribution is -2.21. The van der Waals surface area contributed by atoms with Crippen molar-refractivity contribution in [3.63, 3.8) is 0 Å². The van der Waals surface area contributed by atoms with E-state index in [1.165, 1.54) is 0 Å². The summed E-state index contributed by atoms with van der Waals surface area (Å²) in [6.45, 7) is 4.73. The zero-order valence-corrected chi connectivity index (χ0v) is 15.8. The Balaban J connectivity index is 2.24. The van der Waals surface area contributed by atoms with Crippen molar-refractivity contribution in [3.05, 3.63) is 77.5 Å². The van der Waals surface area contributed by atoms with Gasteiger partial charge in [0.15, 0.2) is 0 Å². The molecule has 3 nitrogen and oxygen atoms in total. The molecule has 1 unspecified atom stereocenters. The smallest absolute Gasteiger partial charge is 0.354 e. The lowest BCUT2D eigenvalue weighted by molar-refractivity contribution is -0.140. The van der Waals surface area contributed by atoms with Crippen LogP contribution in [0.15, 0.2) is 66.4 Å². The Kier molecular flexibility index (Phi) is 7.94. The fraction of sp³-hybridized carbons (Fsp3) is 0.348. The Hall–Kier alpha value is -2.55. The Morgan fingerprint density at radius 2 is 1.50 bits per heavy atom. The molecule has 2 N–H and O–H groups in total. The van der Waals surface area contributed by atoms with E-state index in [9.17, 15) is 4.79 Å². The Bertz CT molecular complexity index is 666. The van der Waals surface area contributed by atoms with E-state index in [0.717, 1.165) is 42.4 Å². The van der Waals surface area contributed by atoms with Crippen LogP contribution in [-0.4, -0.2) is 12.6 Å². The number of esters is 1. The minimum atomic E-state index is -0.442. The van der Waals surface area contributed by atoms with Crippen LogP contribution in [0.1, 0.15) is 50.7 Å². The van der Waals surface area contributed by atoms with Crippen molar-refractivity contribution >= 4 is 11.5 Å². The minimum absolute atomic E-state index is 0.160. The van der Waals surface area contributed by atoms with E-state index in [0.29, 0.717) is 12.5 Å². The first kappa shape index (κ1) is 19.8. The molecule has 3 heteroatoms. The largest absolute Gasteiger partial charge is 0.461 e. The van der Waals surface area contributed by atoms with E-state index in [-0.39, 0.29) is 5.70 Å². The number of benzene rings is 2. The van der Waals surface area contributed by atoms with E-state index < -0.39 is 5.97 Å². The summed E-state index contributed by atoms with van der Waals surface area (Å²) in [5, 5.41) is 0. The predicted molar refractivity (Wildman–Crippen MR) is 107 cm³/mol. The maximum Gasteiger partial charge on any atom is 0.354 e. The summed E-state index contributed by atoms with van der Waals surface area (Å²) in [6, 6.07) is 19.5. The van der Waals surface area contributed by atoms with Crippen molar-refractivity contribution in [1.82, 2.24) is 0 Å². The number of hydrogen-bond donors (Lipinski definition) is 1. The third kappa shape index (κ3) is 5.48. The second-order valence-corrected chi connectivity index (χ2v) is 6.54. The third-order valence-electron chi connectivity index (χ3n) is 4.61. The average Bonchev–Trinajstić information content (AvgIpc) is 2.69. The van der Waals surface area contributed by atoms with Crippen LogP contribution in [-0.2, 0) is 9.53 Å². The summed E-state index contributed by atoms with van der Waals surface area (Å²) in [5.41, 5.74) is 8.96. The predicted octanol–water partition coefficient (Wildman–Crippen LogP) is 5.16. The molecule has 0 aromatic heterocycles. The molecule has 0 heterocycles. The fourth-order valence-corrected chi connectivity index (χ4v) is 2.96. The highest BCUT2D eigenvalue weighted by molar-refractivity contribution is 6.00. The van der Waals surface area contributed by atoms with Gasteiger partial charge in [0.2, 0.25) is 0 Å². The van der Waals surface area contributed by atoms with Crippen molar-refractivity contribution in [3.8, 4) is 0 Å². The lowest BCUT2D eigenvalue weighted by Gasteiger charge is -2.16. The van der Waals surface area contributed by atoms with Crippen molar-refractivity contribution < 1.29 is 9.53 Å². The zero-order valence-electron chi connectivity index (χ0n) is 15.8. The summed E-state index contributed by atoms with van der Waals surface area (Å²) in [7, 11) is 0. The second-order valence-electron chi connectivity index (χ2n) is 6.54. The number of rotatable bonds is 9. The monoisotopic (exact) mass is 351 g/mol. The molecule has 0 fully saturated rings. The van der Waals surface area contributed by atoms with Crippen LogP contribution < -0.4 is 5.73 Å². The molecule has 0 aliphatic heterocycles. The van der Waals surface area contributed by atoms with Gasteiger partial charge in [0, 0.05) is 5.57 Å². The number of unbranched alkanes of at least 4 members (excludes halogenated alkanes) is 1. The van der Waals surface area contributed by atoms with Crippen LogP contribution in [0.2, 0.25) is 0 Å². The molecule has 0 spiro atoms. The zero-order chi connectivity index (χ0) is 18.8. The number of ether oxygens (including phenoxy) is 1. The molecule has 2 rings (SSSR count). The quantitative estimate of drug-likeness (QED) is 0.501. The first-order valence-electron chi connectivity index (χ1n) is 9.45. The van der Waals surface area contributed by atoms with Gasteiger partial charge in [-0.05, 0) is 23.5 Å². The third-order valence-corrected chi connectivity index (χ3v) is 4.61. The van der Waals surface area contributed by atoms with Crippen molar-refractivity contribution in [2.45, 2.75) is 39.5 Å². The molecule has 2 aromatic carbocycles. The van der Waals surface area contributed by atoms with Crippen molar-refractivity contribution in [1.29, 1.82) is 0 Å². The van der Waals surface area contributed by atoms with Crippen LogP contribution in [0.4, 0.5) is 0 Å². The number of nitrogens with two attached hydrogens (primary N) is 1. The maximum absolute atomic E-state index is 12.6. The average molecular weight is 351 g/mol. The summed E-state index contributed by atoms with van der Waals surface area (Å²) in [5.74, 6) is -0.0498. The van der Waals surface area contributed by atoms with Crippen LogP contribution in [0.3, 0.4) is 0 Å². The van der Waals surface area contributed by atoms with Gasteiger partial charge >= 0.3 is 5.97 Å². The summed E-state index contributed by atoms with van der Waals surface area (Å²) < 4.78 is 5.56. The molecule has 2 aromatic rings. The van der Waals surface area contributed by atoms with E-state index in [2.05, 4.69) is 13.8 Å². The van der Waals surface area contributed by atoms with Crippen LogP contribution in [0, 0.1) is 5.92 Å². The van der Waals surface area contributed by atoms with E-state index >= 15 is 0 Å². The molecule has 0 saturated carbocycles. The molecule has 0 aliphatic rings. The van der Waals surface area contributed by atoms with E-state index in [4.69, 9.17) is 10.5 Å². The van der Waals surface area contributed by atoms with Gasteiger partial charge in [-0.3, -0.25) is 0 Å². The normalized spacial score (nSPS) is 11.6. The van der Waals surface area contributed by atoms with Gasteiger partial charge in [0.25, 0.3) is 0 Å². The molecule has 0 aliphatic carbocycles.